The predicted molar refractivity (Wildman–Crippen MR) is 216 cm³/mol. The van der Waals surface area contributed by atoms with Crippen molar-refractivity contribution in [2.75, 3.05) is 0 Å². The van der Waals surface area contributed by atoms with Crippen molar-refractivity contribution >= 4 is 22.8 Å². The summed E-state index contributed by atoms with van der Waals surface area (Å²) in [4.78, 5) is 10.7. The van der Waals surface area contributed by atoms with E-state index in [4.69, 9.17) is 9.98 Å². The number of rotatable bonds is 26. The first-order valence-corrected chi connectivity index (χ1v) is 20.5. The average molecular weight is 712 g/mol. The van der Waals surface area contributed by atoms with E-state index in [-0.39, 0.29) is 16.5 Å². The number of unbranched alkanes of at least 4 members (excludes halogenated alkanes) is 13. The van der Waals surface area contributed by atoms with E-state index >= 15 is 0 Å². The Morgan fingerprint density at radius 3 is 1.24 bits per heavy atom. The molecule has 2 nitrogen and oxygen atoms in total. The Morgan fingerprint density at radius 1 is 0.449 bits per heavy atom. The van der Waals surface area contributed by atoms with Crippen LogP contribution in [0.4, 0.5) is 11.4 Å². The Balaban J connectivity index is 0.0000120. The summed E-state index contributed by atoms with van der Waals surface area (Å²) < 4.78 is 0. The first-order valence-electron chi connectivity index (χ1n) is 20.5. The molecule has 0 atom stereocenters. The van der Waals surface area contributed by atoms with Gasteiger partial charge in [-0.25, -0.2) is 4.99 Å². The molecule has 0 saturated carbocycles. The van der Waals surface area contributed by atoms with Crippen molar-refractivity contribution in [2.24, 2.45) is 9.98 Å². The molecule has 0 aliphatic rings. The quantitative estimate of drug-likeness (QED) is 0.0402. The standard InChI is InChI=1S/C46H72N2.Ni/c1-7-13-15-16-17-18-19-20-21-22-23-24-25-26-32-46(48-44-37-41(29-11-5)34-42(38-44)30-12-6)45(31-14-8-2)47-43-35-39(27-9-3)33-40(36-43)28-10-4;/h33-38H,7-25,27-31H2,1-6H3;. The van der Waals surface area contributed by atoms with Gasteiger partial charge in [-0.15, -0.1) is 0 Å². The van der Waals surface area contributed by atoms with Gasteiger partial charge in [0.2, 0.25) is 0 Å². The molecular formula is C46H72N2Ni. The Kier molecular flexibility index (Phi) is 27.1. The molecule has 0 unspecified atom stereocenters. The summed E-state index contributed by atoms with van der Waals surface area (Å²) in [6.07, 6.45) is 29.4. The van der Waals surface area contributed by atoms with Crippen molar-refractivity contribution in [3.05, 3.63) is 58.7 Å². The molecule has 2 rings (SSSR count). The van der Waals surface area contributed by atoms with Crippen molar-refractivity contribution in [1.82, 2.24) is 0 Å². The Labute approximate surface area is 314 Å². The molecule has 0 aliphatic carbocycles. The Bertz CT molecular complexity index is 1210. The smallest absolute Gasteiger partial charge is 0.135 e. The summed E-state index contributed by atoms with van der Waals surface area (Å²) in [7, 11) is 0. The SMILES string of the molecule is CCCCCCCCCCCCCCC#CC(=Nc1cc(CCC)cc(CCC)c1)C(CCCC)=Nc1cc(CCC)cc(CCC)c1.[Ni]. The minimum atomic E-state index is 0. The van der Waals surface area contributed by atoms with Gasteiger partial charge in [0.25, 0.3) is 0 Å². The molecule has 0 N–H and O–H groups in total. The second-order valence-electron chi connectivity index (χ2n) is 14.1. The van der Waals surface area contributed by atoms with E-state index in [2.05, 4.69) is 89.8 Å². The second kappa shape index (κ2) is 29.6. The zero-order valence-electron chi connectivity index (χ0n) is 32.6. The average Bonchev–Trinajstić information content (AvgIpc) is 3.07. The molecule has 0 heterocycles. The zero-order valence-corrected chi connectivity index (χ0v) is 33.6. The van der Waals surface area contributed by atoms with Crippen LogP contribution < -0.4 is 0 Å². The van der Waals surface area contributed by atoms with Gasteiger partial charge in [0, 0.05) is 22.9 Å². The molecular weight excluding hydrogens is 639 g/mol. The van der Waals surface area contributed by atoms with Gasteiger partial charge in [-0.2, -0.15) is 0 Å². The van der Waals surface area contributed by atoms with Gasteiger partial charge in [-0.1, -0.05) is 162 Å². The summed E-state index contributed by atoms with van der Waals surface area (Å²) >= 11 is 0. The van der Waals surface area contributed by atoms with Crippen molar-refractivity contribution < 1.29 is 16.5 Å². The van der Waals surface area contributed by atoms with Crippen LogP contribution in [0.5, 0.6) is 0 Å². The fourth-order valence-corrected chi connectivity index (χ4v) is 6.57. The predicted octanol–water partition coefficient (Wildman–Crippen LogP) is 14.6. The summed E-state index contributed by atoms with van der Waals surface area (Å²) in [6, 6.07) is 13.9. The summed E-state index contributed by atoms with van der Waals surface area (Å²) in [5.41, 5.74) is 9.58. The number of hydrogen-bond donors (Lipinski definition) is 0. The molecule has 0 radical (unpaired) electrons. The minimum Gasteiger partial charge on any atom is -0.250 e. The monoisotopic (exact) mass is 711 g/mol. The minimum absolute atomic E-state index is 0. The van der Waals surface area contributed by atoms with Crippen LogP contribution in [0.25, 0.3) is 0 Å². The first-order chi connectivity index (χ1) is 23.6. The van der Waals surface area contributed by atoms with Crippen LogP contribution in [0.1, 0.15) is 192 Å². The normalized spacial score (nSPS) is 11.7. The summed E-state index contributed by atoms with van der Waals surface area (Å²) in [5.74, 6) is 7.15. The molecule has 0 spiro atoms. The summed E-state index contributed by atoms with van der Waals surface area (Å²) in [5, 5.41) is 0. The maximum absolute atomic E-state index is 5.36. The van der Waals surface area contributed by atoms with Gasteiger partial charge in [0.1, 0.15) is 5.71 Å². The Hall–Kier alpha value is -2.17. The van der Waals surface area contributed by atoms with Crippen LogP contribution in [0.3, 0.4) is 0 Å². The van der Waals surface area contributed by atoms with E-state index in [1.165, 1.54) is 99.3 Å². The molecule has 2 aromatic carbocycles. The van der Waals surface area contributed by atoms with E-state index in [1.807, 2.05) is 0 Å². The van der Waals surface area contributed by atoms with E-state index in [1.54, 1.807) is 0 Å². The summed E-state index contributed by atoms with van der Waals surface area (Å²) in [6.45, 7) is 13.6. The van der Waals surface area contributed by atoms with Crippen molar-refractivity contribution in [3.8, 4) is 11.8 Å². The van der Waals surface area contributed by atoms with Gasteiger partial charge in [0.05, 0.1) is 17.1 Å². The van der Waals surface area contributed by atoms with E-state index in [9.17, 15) is 0 Å². The van der Waals surface area contributed by atoms with E-state index < -0.39 is 0 Å². The van der Waals surface area contributed by atoms with Crippen molar-refractivity contribution in [2.45, 2.75) is 196 Å². The molecule has 0 fully saturated rings. The van der Waals surface area contributed by atoms with Crippen LogP contribution >= 0.6 is 0 Å². The maximum atomic E-state index is 5.36. The molecule has 276 valence electrons. The van der Waals surface area contributed by atoms with Crippen molar-refractivity contribution in [3.63, 3.8) is 0 Å². The van der Waals surface area contributed by atoms with Gasteiger partial charge in [-0.3, -0.25) is 4.99 Å². The molecule has 2 aromatic rings. The number of benzene rings is 2. The third-order valence-corrected chi connectivity index (χ3v) is 9.14. The topological polar surface area (TPSA) is 24.7 Å². The molecule has 0 saturated heterocycles. The van der Waals surface area contributed by atoms with Crippen LogP contribution in [0.15, 0.2) is 46.4 Å². The van der Waals surface area contributed by atoms with Gasteiger partial charge in [-0.05, 0) is 97.4 Å². The number of nitrogens with zero attached hydrogens (tertiary/aromatic N) is 2. The van der Waals surface area contributed by atoms with Gasteiger partial charge < -0.3 is 0 Å². The fraction of sp³-hybridized carbons (Fsp3) is 0.652. The van der Waals surface area contributed by atoms with Gasteiger partial charge in [0.15, 0.2) is 0 Å². The third-order valence-electron chi connectivity index (χ3n) is 9.14. The van der Waals surface area contributed by atoms with Crippen molar-refractivity contribution in [1.29, 1.82) is 0 Å². The zero-order chi connectivity index (χ0) is 34.7. The maximum Gasteiger partial charge on any atom is 0.135 e. The number of aryl methyl sites for hydroxylation is 4. The van der Waals surface area contributed by atoms with Gasteiger partial charge >= 0.3 is 0 Å². The van der Waals surface area contributed by atoms with Crippen LogP contribution in [-0.4, -0.2) is 11.4 Å². The third kappa shape index (κ3) is 20.3. The largest absolute Gasteiger partial charge is 0.250 e. The first kappa shape index (κ1) is 44.9. The van der Waals surface area contributed by atoms with Crippen LogP contribution in [0.2, 0.25) is 0 Å². The molecule has 0 bridgehead atoms. The molecule has 0 amide bonds. The fourth-order valence-electron chi connectivity index (χ4n) is 6.57. The molecule has 0 aromatic heterocycles. The van der Waals surface area contributed by atoms with Crippen LogP contribution in [-0.2, 0) is 42.2 Å². The van der Waals surface area contributed by atoms with Crippen LogP contribution in [0, 0.1) is 11.8 Å². The second-order valence-corrected chi connectivity index (χ2v) is 14.1. The Morgan fingerprint density at radius 2 is 0.837 bits per heavy atom. The van der Waals surface area contributed by atoms with E-state index in [0.29, 0.717) is 0 Å². The van der Waals surface area contributed by atoms with E-state index in [0.717, 1.165) is 99.8 Å². The molecule has 3 heteroatoms. The molecule has 0 aliphatic heterocycles. The number of hydrogen-bond acceptors (Lipinski definition) is 2. The number of aliphatic imine (C=N–C) groups is 2. The molecule has 49 heavy (non-hydrogen) atoms.